The van der Waals surface area contributed by atoms with Gasteiger partial charge in [0.2, 0.25) is 5.91 Å². The first-order chi connectivity index (χ1) is 9.16. The predicted octanol–water partition coefficient (Wildman–Crippen LogP) is 1.48. The van der Waals surface area contributed by atoms with Gasteiger partial charge in [-0.15, -0.1) is 0 Å². The summed E-state index contributed by atoms with van der Waals surface area (Å²) in [5.41, 5.74) is 0.443. The first-order valence-electron chi connectivity index (χ1n) is 6.34. The van der Waals surface area contributed by atoms with Gasteiger partial charge in [0.1, 0.15) is 5.15 Å². The molecule has 0 spiro atoms. The Kier molecular flexibility index (Phi) is 4.74. The van der Waals surface area contributed by atoms with Crippen LogP contribution in [0.15, 0.2) is 18.3 Å². The maximum absolute atomic E-state index is 11.8. The highest BCUT2D eigenvalue weighted by molar-refractivity contribution is 6.29. The van der Waals surface area contributed by atoms with Gasteiger partial charge in [-0.1, -0.05) is 11.6 Å². The van der Waals surface area contributed by atoms with Crippen LogP contribution >= 0.6 is 11.6 Å². The molecule has 1 saturated heterocycles. The second-order valence-electron chi connectivity index (χ2n) is 4.46. The fraction of sp³-hybridized carbons (Fsp3) is 0.462. The van der Waals surface area contributed by atoms with Gasteiger partial charge in [0.15, 0.2) is 0 Å². The number of pyridine rings is 1. The van der Waals surface area contributed by atoms with Crippen LogP contribution in [0.1, 0.15) is 29.6 Å². The summed E-state index contributed by atoms with van der Waals surface area (Å²) in [6.07, 6.45) is 3.91. The minimum Gasteiger partial charge on any atom is -0.351 e. The fourth-order valence-electron chi connectivity index (χ4n) is 2.02. The van der Waals surface area contributed by atoms with Crippen LogP contribution < -0.4 is 5.32 Å². The van der Waals surface area contributed by atoms with Gasteiger partial charge in [-0.3, -0.25) is 9.59 Å². The summed E-state index contributed by atoms with van der Waals surface area (Å²) < 4.78 is 0. The molecule has 1 aliphatic rings. The van der Waals surface area contributed by atoms with E-state index in [9.17, 15) is 9.59 Å². The number of nitrogens with one attached hydrogen (secondary N) is 1. The Balaban J connectivity index is 1.74. The van der Waals surface area contributed by atoms with Crippen molar-refractivity contribution in [2.45, 2.75) is 19.3 Å². The second kappa shape index (κ2) is 6.52. The Labute approximate surface area is 117 Å². The molecule has 2 amide bonds. The molecule has 0 saturated carbocycles. The zero-order valence-electron chi connectivity index (χ0n) is 10.6. The highest BCUT2D eigenvalue weighted by Crippen LogP contribution is 2.08. The quantitative estimate of drug-likeness (QED) is 0.850. The number of halogens is 1. The van der Waals surface area contributed by atoms with Gasteiger partial charge in [-0.25, -0.2) is 4.98 Å². The van der Waals surface area contributed by atoms with Crippen LogP contribution in [0.2, 0.25) is 5.15 Å². The average molecular weight is 282 g/mol. The molecule has 5 nitrogen and oxygen atoms in total. The van der Waals surface area contributed by atoms with Gasteiger partial charge in [-0.2, -0.15) is 0 Å². The predicted molar refractivity (Wildman–Crippen MR) is 72.0 cm³/mol. The molecule has 2 rings (SSSR count). The summed E-state index contributed by atoms with van der Waals surface area (Å²) in [6, 6.07) is 3.17. The first kappa shape index (κ1) is 13.8. The lowest BCUT2D eigenvalue weighted by Gasteiger charge is -2.15. The molecule has 0 atom stereocenters. The molecule has 0 aromatic carbocycles. The van der Waals surface area contributed by atoms with Crippen LogP contribution in [0.5, 0.6) is 0 Å². The highest BCUT2D eigenvalue weighted by Gasteiger charge is 2.17. The lowest BCUT2D eigenvalue weighted by atomic mass is 10.2. The Bertz CT molecular complexity index is 455. The largest absolute Gasteiger partial charge is 0.351 e. The topological polar surface area (TPSA) is 62.3 Å². The Morgan fingerprint density at radius 3 is 2.68 bits per heavy atom. The maximum atomic E-state index is 11.8. The van der Waals surface area contributed by atoms with E-state index >= 15 is 0 Å². The van der Waals surface area contributed by atoms with Crippen LogP contribution in [0.25, 0.3) is 0 Å². The highest BCUT2D eigenvalue weighted by atomic mass is 35.5. The van der Waals surface area contributed by atoms with Crippen molar-refractivity contribution in [1.82, 2.24) is 15.2 Å². The first-order valence-corrected chi connectivity index (χ1v) is 6.72. The average Bonchev–Trinajstić information content (AvgIpc) is 2.93. The minimum atomic E-state index is -0.238. The molecular weight excluding hydrogens is 266 g/mol. The molecule has 0 bridgehead atoms. The van der Waals surface area contributed by atoms with Crippen molar-refractivity contribution in [1.29, 1.82) is 0 Å². The van der Waals surface area contributed by atoms with Gasteiger partial charge in [-0.05, 0) is 25.0 Å². The van der Waals surface area contributed by atoms with Crippen molar-refractivity contribution in [3.63, 3.8) is 0 Å². The standard InChI is InChI=1S/C13H16ClN3O2/c14-11-4-3-10(9-16-11)13(19)15-6-5-12(18)17-7-1-2-8-17/h3-4,9H,1-2,5-8H2,(H,15,19). The van der Waals surface area contributed by atoms with E-state index in [4.69, 9.17) is 11.6 Å². The van der Waals surface area contributed by atoms with Crippen LogP contribution in [0.3, 0.4) is 0 Å². The maximum Gasteiger partial charge on any atom is 0.252 e. The molecule has 0 aliphatic carbocycles. The summed E-state index contributed by atoms with van der Waals surface area (Å²) >= 11 is 5.64. The van der Waals surface area contributed by atoms with E-state index in [0.29, 0.717) is 23.7 Å². The molecule has 2 heterocycles. The number of carbonyl (C=O) groups excluding carboxylic acids is 2. The van der Waals surface area contributed by atoms with Crippen molar-refractivity contribution >= 4 is 23.4 Å². The minimum absolute atomic E-state index is 0.104. The van der Waals surface area contributed by atoms with Gasteiger partial charge in [0.05, 0.1) is 5.56 Å². The van der Waals surface area contributed by atoms with E-state index in [0.717, 1.165) is 25.9 Å². The molecule has 0 radical (unpaired) electrons. The van der Waals surface area contributed by atoms with E-state index in [2.05, 4.69) is 10.3 Å². The van der Waals surface area contributed by atoms with E-state index in [1.165, 1.54) is 6.20 Å². The van der Waals surface area contributed by atoms with Gasteiger partial charge in [0, 0.05) is 32.3 Å². The van der Waals surface area contributed by atoms with Crippen molar-refractivity contribution < 1.29 is 9.59 Å². The van der Waals surface area contributed by atoms with E-state index in [-0.39, 0.29) is 11.8 Å². The van der Waals surface area contributed by atoms with Crippen molar-refractivity contribution in [3.8, 4) is 0 Å². The zero-order chi connectivity index (χ0) is 13.7. The summed E-state index contributed by atoms with van der Waals surface area (Å²) in [5, 5.41) is 3.05. The summed E-state index contributed by atoms with van der Waals surface area (Å²) in [4.78, 5) is 29.2. The fourth-order valence-corrected chi connectivity index (χ4v) is 2.13. The third-order valence-corrected chi connectivity index (χ3v) is 3.30. The van der Waals surface area contributed by atoms with E-state index in [1.54, 1.807) is 12.1 Å². The Morgan fingerprint density at radius 2 is 2.05 bits per heavy atom. The second-order valence-corrected chi connectivity index (χ2v) is 4.85. The summed E-state index contributed by atoms with van der Waals surface area (Å²) in [5.74, 6) is -0.134. The molecule has 1 N–H and O–H groups in total. The monoisotopic (exact) mass is 281 g/mol. The van der Waals surface area contributed by atoms with Gasteiger partial charge >= 0.3 is 0 Å². The molecule has 1 fully saturated rings. The van der Waals surface area contributed by atoms with Crippen LogP contribution in [-0.4, -0.2) is 41.3 Å². The molecule has 102 valence electrons. The SMILES string of the molecule is O=C(NCCC(=O)N1CCCC1)c1ccc(Cl)nc1. The van der Waals surface area contributed by atoms with Gasteiger partial charge < -0.3 is 10.2 Å². The lowest BCUT2D eigenvalue weighted by Crippen LogP contribution is -2.32. The number of hydrogen-bond acceptors (Lipinski definition) is 3. The van der Waals surface area contributed by atoms with E-state index in [1.807, 2.05) is 4.90 Å². The number of amides is 2. The Hall–Kier alpha value is -1.62. The third kappa shape index (κ3) is 3.92. The summed E-state index contributed by atoms with van der Waals surface area (Å²) in [6.45, 7) is 2.03. The third-order valence-electron chi connectivity index (χ3n) is 3.07. The lowest BCUT2D eigenvalue weighted by molar-refractivity contribution is -0.129. The smallest absolute Gasteiger partial charge is 0.252 e. The summed E-state index contributed by atoms with van der Waals surface area (Å²) in [7, 11) is 0. The molecule has 1 aromatic heterocycles. The van der Waals surface area contributed by atoms with Gasteiger partial charge in [0.25, 0.3) is 5.91 Å². The number of carbonyl (C=O) groups is 2. The molecular formula is C13H16ClN3O2. The molecule has 1 aromatic rings. The van der Waals surface area contributed by atoms with Crippen LogP contribution in [0.4, 0.5) is 0 Å². The normalized spacial score (nSPS) is 14.5. The van der Waals surface area contributed by atoms with Crippen molar-refractivity contribution in [3.05, 3.63) is 29.0 Å². The number of aromatic nitrogens is 1. The Morgan fingerprint density at radius 1 is 1.32 bits per heavy atom. The van der Waals surface area contributed by atoms with Crippen LogP contribution in [0, 0.1) is 0 Å². The van der Waals surface area contributed by atoms with Crippen LogP contribution in [-0.2, 0) is 4.79 Å². The number of hydrogen-bond donors (Lipinski definition) is 1. The van der Waals surface area contributed by atoms with Crippen molar-refractivity contribution in [2.75, 3.05) is 19.6 Å². The zero-order valence-corrected chi connectivity index (χ0v) is 11.3. The molecule has 6 heteroatoms. The number of likely N-dealkylation sites (tertiary alicyclic amines) is 1. The molecule has 0 unspecified atom stereocenters. The van der Waals surface area contributed by atoms with E-state index < -0.39 is 0 Å². The number of nitrogens with zero attached hydrogens (tertiary/aromatic N) is 2. The number of rotatable bonds is 4. The molecule has 19 heavy (non-hydrogen) atoms. The molecule has 1 aliphatic heterocycles. The van der Waals surface area contributed by atoms with Crippen molar-refractivity contribution in [2.24, 2.45) is 0 Å².